The van der Waals surface area contributed by atoms with Gasteiger partial charge in [-0.3, -0.25) is 9.59 Å². The van der Waals surface area contributed by atoms with Gasteiger partial charge in [0.25, 0.3) is 0 Å². The Hall–Kier alpha value is -2.89. The van der Waals surface area contributed by atoms with Gasteiger partial charge < -0.3 is 9.73 Å². The minimum Gasteiger partial charge on any atom is -0.456 e. The van der Waals surface area contributed by atoms with Crippen molar-refractivity contribution in [2.45, 2.75) is 46.0 Å². The minimum atomic E-state index is -0.399. The molecule has 1 saturated carbocycles. The lowest BCUT2D eigenvalue weighted by molar-refractivity contribution is -0.120. The molecule has 2 N–H and O–H groups in total. The average molecular weight is 367 g/mol. The van der Waals surface area contributed by atoms with Gasteiger partial charge in [-0.1, -0.05) is 31.4 Å². The molecule has 142 valence electrons. The SMILES string of the molecule is C/C(=N\NC(=O)c1ccc(C)o1)c1cccc(NC(=O)C2CCCCC2)c1. The van der Waals surface area contributed by atoms with E-state index in [0.29, 0.717) is 11.5 Å². The third-order valence-electron chi connectivity index (χ3n) is 4.81. The van der Waals surface area contributed by atoms with Gasteiger partial charge in [0.1, 0.15) is 5.76 Å². The van der Waals surface area contributed by atoms with Crippen molar-refractivity contribution in [1.82, 2.24) is 5.43 Å². The Morgan fingerprint density at radius 1 is 1.11 bits per heavy atom. The van der Waals surface area contributed by atoms with Crippen LogP contribution in [-0.4, -0.2) is 17.5 Å². The molecule has 1 aliphatic rings. The molecule has 2 amide bonds. The van der Waals surface area contributed by atoms with Crippen LogP contribution in [0.15, 0.2) is 45.9 Å². The minimum absolute atomic E-state index is 0.0860. The fraction of sp³-hybridized carbons (Fsp3) is 0.381. The molecule has 1 aromatic carbocycles. The lowest BCUT2D eigenvalue weighted by atomic mass is 9.88. The first-order chi connectivity index (χ1) is 13.0. The fourth-order valence-corrected chi connectivity index (χ4v) is 3.24. The van der Waals surface area contributed by atoms with Gasteiger partial charge in [-0.25, -0.2) is 5.43 Å². The van der Waals surface area contributed by atoms with Crippen LogP contribution in [0.4, 0.5) is 5.69 Å². The predicted octanol–water partition coefficient (Wildman–Crippen LogP) is 4.26. The quantitative estimate of drug-likeness (QED) is 0.612. The van der Waals surface area contributed by atoms with Gasteiger partial charge in [0.15, 0.2) is 5.76 Å². The van der Waals surface area contributed by atoms with E-state index in [1.807, 2.05) is 24.3 Å². The summed E-state index contributed by atoms with van der Waals surface area (Å²) >= 11 is 0. The molecule has 0 spiro atoms. The highest BCUT2D eigenvalue weighted by molar-refractivity contribution is 6.02. The molecular formula is C21H25N3O3. The Balaban J connectivity index is 1.63. The van der Waals surface area contributed by atoms with Crippen molar-refractivity contribution in [3.8, 4) is 0 Å². The standard InChI is InChI=1S/C21H25N3O3/c1-14-11-12-19(27-14)21(26)24-23-15(2)17-9-6-10-18(13-17)22-20(25)16-7-4-3-5-8-16/h6,9-13,16H,3-5,7-8H2,1-2H3,(H,22,25)(H,24,26)/b23-15+. The first kappa shape index (κ1) is 18.9. The molecule has 0 saturated heterocycles. The van der Waals surface area contributed by atoms with Crippen LogP contribution >= 0.6 is 0 Å². The van der Waals surface area contributed by atoms with Gasteiger partial charge in [0.2, 0.25) is 5.91 Å². The molecule has 1 aromatic heterocycles. The van der Waals surface area contributed by atoms with Gasteiger partial charge in [-0.15, -0.1) is 0 Å². The molecule has 0 aliphatic heterocycles. The molecule has 6 nitrogen and oxygen atoms in total. The van der Waals surface area contributed by atoms with Crippen molar-refractivity contribution in [2.24, 2.45) is 11.0 Å². The third-order valence-corrected chi connectivity index (χ3v) is 4.81. The van der Waals surface area contributed by atoms with Crippen molar-refractivity contribution < 1.29 is 14.0 Å². The molecule has 0 unspecified atom stereocenters. The molecular weight excluding hydrogens is 342 g/mol. The maximum Gasteiger partial charge on any atom is 0.307 e. The van der Waals surface area contributed by atoms with E-state index in [4.69, 9.17) is 4.42 Å². The second-order valence-corrected chi connectivity index (χ2v) is 6.95. The van der Waals surface area contributed by atoms with Crippen molar-refractivity contribution in [2.75, 3.05) is 5.32 Å². The molecule has 2 aromatic rings. The van der Waals surface area contributed by atoms with Gasteiger partial charge in [0.05, 0.1) is 5.71 Å². The summed E-state index contributed by atoms with van der Waals surface area (Å²) in [6.07, 6.45) is 5.39. The number of nitrogens with one attached hydrogen (secondary N) is 2. The van der Waals surface area contributed by atoms with Crippen LogP contribution in [0, 0.1) is 12.8 Å². The van der Waals surface area contributed by atoms with Gasteiger partial charge >= 0.3 is 5.91 Å². The molecule has 0 radical (unpaired) electrons. The number of rotatable bonds is 5. The number of carbonyl (C=O) groups excluding carboxylic acids is 2. The zero-order chi connectivity index (χ0) is 19.2. The number of carbonyl (C=O) groups is 2. The zero-order valence-electron chi connectivity index (χ0n) is 15.7. The highest BCUT2D eigenvalue weighted by Crippen LogP contribution is 2.25. The Bertz CT molecular complexity index is 848. The second kappa shape index (κ2) is 8.66. The van der Waals surface area contributed by atoms with Crippen LogP contribution in [0.2, 0.25) is 0 Å². The highest BCUT2D eigenvalue weighted by Gasteiger charge is 2.21. The maximum absolute atomic E-state index is 12.4. The van der Waals surface area contributed by atoms with E-state index in [9.17, 15) is 9.59 Å². The summed E-state index contributed by atoms with van der Waals surface area (Å²) in [6.45, 7) is 3.58. The molecule has 27 heavy (non-hydrogen) atoms. The Morgan fingerprint density at radius 3 is 2.59 bits per heavy atom. The third kappa shape index (κ3) is 5.06. The van der Waals surface area contributed by atoms with E-state index < -0.39 is 5.91 Å². The van der Waals surface area contributed by atoms with Crippen LogP contribution in [-0.2, 0) is 4.79 Å². The molecule has 0 bridgehead atoms. The maximum atomic E-state index is 12.4. The summed E-state index contributed by atoms with van der Waals surface area (Å²) in [5.41, 5.74) is 4.70. The van der Waals surface area contributed by atoms with Crippen LogP contribution in [0.1, 0.15) is 60.9 Å². The summed E-state index contributed by atoms with van der Waals surface area (Å²) < 4.78 is 5.27. The van der Waals surface area contributed by atoms with Crippen LogP contribution < -0.4 is 10.7 Å². The predicted molar refractivity (Wildman–Crippen MR) is 105 cm³/mol. The summed E-state index contributed by atoms with van der Waals surface area (Å²) in [5, 5.41) is 7.14. The number of anilines is 1. The van der Waals surface area contributed by atoms with Crippen LogP contribution in [0.25, 0.3) is 0 Å². The Kier molecular flexibility index (Phi) is 6.06. The number of furan rings is 1. The molecule has 1 heterocycles. The molecule has 0 atom stereocenters. The van der Waals surface area contributed by atoms with E-state index in [2.05, 4.69) is 15.8 Å². The molecule has 1 fully saturated rings. The summed E-state index contributed by atoms with van der Waals surface area (Å²) in [6, 6.07) is 10.8. The monoisotopic (exact) mass is 367 g/mol. The van der Waals surface area contributed by atoms with Crippen LogP contribution in [0.5, 0.6) is 0 Å². The molecule has 6 heteroatoms. The fourth-order valence-electron chi connectivity index (χ4n) is 3.24. The van der Waals surface area contributed by atoms with Gasteiger partial charge in [0, 0.05) is 11.6 Å². The number of amides is 2. The lowest BCUT2D eigenvalue weighted by Crippen LogP contribution is -2.24. The first-order valence-corrected chi connectivity index (χ1v) is 9.35. The average Bonchev–Trinajstić information content (AvgIpc) is 3.13. The number of hydrazone groups is 1. The number of benzene rings is 1. The van der Waals surface area contributed by atoms with Crippen molar-refractivity contribution in [3.63, 3.8) is 0 Å². The van der Waals surface area contributed by atoms with E-state index in [0.717, 1.165) is 36.9 Å². The van der Waals surface area contributed by atoms with Crippen LogP contribution in [0.3, 0.4) is 0 Å². The number of aryl methyl sites for hydroxylation is 1. The van der Waals surface area contributed by atoms with E-state index >= 15 is 0 Å². The zero-order valence-corrected chi connectivity index (χ0v) is 15.7. The largest absolute Gasteiger partial charge is 0.456 e. The number of nitrogens with zero attached hydrogens (tertiary/aromatic N) is 1. The molecule has 1 aliphatic carbocycles. The first-order valence-electron chi connectivity index (χ1n) is 9.35. The smallest absolute Gasteiger partial charge is 0.307 e. The topological polar surface area (TPSA) is 83.7 Å². The van der Waals surface area contributed by atoms with E-state index in [1.165, 1.54) is 6.42 Å². The van der Waals surface area contributed by atoms with Gasteiger partial charge in [-0.2, -0.15) is 5.10 Å². The Labute approximate surface area is 159 Å². The van der Waals surface area contributed by atoms with Crippen molar-refractivity contribution in [3.05, 3.63) is 53.5 Å². The van der Waals surface area contributed by atoms with E-state index in [1.54, 1.807) is 26.0 Å². The van der Waals surface area contributed by atoms with Crippen molar-refractivity contribution >= 4 is 23.2 Å². The lowest BCUT2D eigenvalue weighted by Gasteiger charge is -2.20. The summed E-state index contributed by atoms with van der Waals surface area (Å²) in [5.74, 6) is 0.681. The number of hydrogen-bond acceptors (Lipinski definition) is 4. The number of hydrogen-bond donors (Lipinski definition) is 2. The van der Waals surface area contributed by atoms with Gasteiger partial charge in [-0.05, 0) is 56.5 Å². The van der Waals surface area contributed by atoms with Crippen molar-refractivity contribution in [1.29, 1.82) is 0 Å². The van der Waals surface area contributed by atoms with E-state index in [-0.39, 0.29) is 17.6 Å². The highest BCUT2D eigenvalue weighted by atomic mass is 16.3. The summed E-state index contributed by atoms with van der Waals surface area (Å²) in [7, 11) is 0. The molecule has 3 rings (SSSR count). The Morgan fingerprint density at radius 2 is 1.89 bits per heavy atom. The second-order valence-electron chi connectivity index (χ2n) is 6.95. The summed E-state index contributed by atoms with van der Waals surface area (Å²) in [4.78, 5) is 24.4. The normalized spacial score (nSPS) is 15.4.